The molecule has 1 aliphatic rings. The molecular formula is C7H14N2O5S. The van der Waals surface area contributed by atoms with Gasteiger partial charge in [0.2, 0.25) is 0 Å². The molecule has 1 saturated heterocycles. The van der Waals surface area contributed by atoms with E-state index in [9.17, 15) is 13.2 Å². The van der Waals surface area contributed by atoms with Crippen molar-refractivity contribution < 1.29 is 23.2 Å². The number of piperidine rings is 1. The summed E-state index contributed by atoms with van der Waals surface area (Å²) >= 11 is 0. The summed E-state index contributed by atoms with van der Waals surface area (Å²) in [6, 6.07) is 0. The fourth-order valence-electron chi connectivity index (χ4n) is 1.50. The maximum Gasteiger partial charge on any atom is 0.306 e. The summed E-state index contributed by atoms with van der Waals surface area (Å²) in [4.78, 5) is 16.9. The molecule has 0 aliphatic carbocycles. The third-order valence-electron chi connectivity index (χ3n) is 2.33. The summed E-state index contributed by atoms with van der Waals surface area (Å²) in [5.41, 5.74) is 0. The van der Waals surface area contributed by atoms with E-state index in [0.717, 1.165) is 0 Å². The van der Waals surface area contributed by atoms with E-state index >= 15 is 0 Å². The Morgan fingerprint density at radius 2 is 2.00 bits per heavy atom. The van der Waals surface area contributed by atoms with Gasteiger partial charge in [0.25, 0.3) is 0 Å². The first-order chi connectivity index (χ1) is 6.97. The molecule has 0 atom stereocenters. The molecule has 0 amide bonds. The molecule has 1 heterocycles. The highest BCUT2D eigenvalue weighted by atomic mass is 32.2. The summed E-state index contributed by atoms with van der Waals surface area (Å²) < 4.78 is 24.0. The number of carboxylic acids is 1. The van der Waals surface area contributed by atoms with Crippen LogP contribution in [0, 0.1) is 5.92 Å². The van der Waals surface area contributed by atoms with Crippen LogP contribution < -0.4 is 4.89 Å². The average molecular weight is 238 g/mol. The number of aliphatic carboxylic acids is 1. The number of nitrogens with one attached hydrogen (secondary N) is 1. The molecule has 88 valence electrons. The third-order valence-corrected chi connectivity index (χ3v) is 3.75. The number of carboxylic acid groups (broad SMARTS) is 1. The Balaban J connectivity index is 2.54. The minimum atomic E-state index is -3.61. The zero-order valence-corrected chi connectivity index (χ0v) is 9.16. The molecule has 1 fully saturated rings. The van der Waals surface area contributed by atoms with Crippen molar-refractivity contribution in [3.8, 4) is 0 Å². The summed E-state index contributed by atoms with van der Waals surface area (Å²) in [5, 5.41) is 8.72. The van der Waals surface area contributed by atoms with E-state index < -0.39 is 22.1 Å². The molecule has 0 bridgehead atoms. The van der Waals surface area contributed by atoms with Crippen molar-refractivity contribution >= 4 is 16.2 Å². The Labute approximate surface area is 88.2 Å². The molecule has 0 aromatic carbocycles. The van der Waals surface area contributed by atoms with Crippen LogP contribution in [0.4, 0.5) is 0 Å². The minimum Gasteiger partial charge on any atom is -0.481 e. The second kappa shape index (κ2) is 4.88. The fraction of sp³-hybridized carbons (Fsp3) is 0.857. The van der Waals surface area contributed by atoms with E-state index in [1.54, 1.807) is 0 Å². The zero-order chi connectivity index (χ0) is 11.5. The van der Waals surface area contributed by atoms with Gasteiger partial charge in [-0.2, -0.15) is 12.7 Å². The van der Waals surface area contributed by atoms with Crippen LogP contribution in [0.25, 0.3) is 0 Å². The molecule has 0 aromatic heterocycles. The van der Waals surface area contributed by atoms with Gasteiger partial charge in [-0.05, 0) is 12.8 Å². The molecule has 0 spiro atoms. The highest BCUT2D eigenvalue weighted by Crippen LogP contribution is 2.18. The second-order valence-electron chi connectivity index (χ2n) is 3.30. The molecule has 0 radical (unpaired) electrons. The predicted octanol–water partition coefficient (Wildman–Crippen LogP) is -0.821. The monoisotopic (exact) mass is 238 g/mol. The lowest BCUT2D eigenvalue weighted by molar-refractivity contribution is -0.142. The molecule has 1 rings (SSSR count). The molecule has 0 unspecified atom stereocenters. The van der Waals surface area contributed by atoms with Crippen molar-refractivity contribution in [1.29, 1.82) is 0 Å². The van der Waals surface area contributed by atoms with Gasteiger partial charge in [0, 0.05) is 13.1 Å². The van der Waals surface area contributed by atoms with Crippen LogP contribution in [0.5, 0.6) is 0 Å². The van der Waals surface area contributed by atoms with Crippen molar-refractivity contribution in [2.75, 3.05) is 20.2 Å². The van der Waals surface area contributed by atoms with Crippen molar-refractivity contribution in [2.45, 2.75) is 12.8 Å². The van der Waals surface area contributed by atoms with Crippen LogP contribution in [-0.2, 0) is 19.8 Å². The molecule has 2 N–H and O–H groups in total. The molecule has 15 heavy (non-hydrogen) atoms. The van der Waals surface area contributed by atoms with Gasteiger partial charge in [-0.15, -0.1) is 0 Å². The highest BCUT2D eigenvalue weighted by molar-refractivity contribution is 7.87. The lowest BCUT2D eigenvalue weighted by Crippen LogP contribution is -2.45. The number of hydrogen-bond acceptors (Lipinski definition) is 4. The van der Waals surface area contributed by atoms with E-state index in [0.29, 0.717) is 12.8 Å². The maximum absolute atomic E-state index is 11.4. The first-order valence-electron chi connectivity index (χ1n) is 4.50. The smallest absolute Gasteiger partial charge is 0.306 e. The second-order valence-corrected chi connectivity index (χ2v) is 4.94. The van der Waals surface area contributed by atoms with E-state index in [1.165, 1.54) is 11.4 Å². The lowest BCUT2D eigenvalue weighted by atomic mass is 9.99. The van der Waals surface area contributed by atoms with Gasteiger partial charge in [0.05, 0.1) is 13.0 Å². The van der Waals surface area contributed by atoms with Gasteiger partial charge in [0.1, 0.15) is 0 Å². The number of rotatable bonds is 4. The Bertz CT molecular complexity index is 320. The van der Waals surface area contributed by atoms with Crippen LogP contribution in [0.3, 0.4) is 0 Å². The van der Waals surface area contributed by atoms with Crippen molar-refractivity contribution in [2.24, 2.45) is 5.92 Å². The molecule has 0 aromatic rings. The average Bonchev–Trinajstić information content (AvgIpc) is 2.18. The maximum atomic E-state index is 11.4. The Kier molecular flexibility index (Phi) is 4.03. The Morgan fingerprint density at radius 3 is 2.40 bits per heavy atom. The van der Waals surface area contributed by atoms with Crippen molar-refractivity contribution in [3.05, 3.63) is 0 Å². The molecule has 0 saturated carbocycles. The molecule has 8 heteroatoms. The number of nitrogens with zero attached hydrogens (tertiary/aromatic N) is 1. The predicted molar refractivity (Wildman–Crippen MR) is 51.0 cm³/mol. The standard InChI is InChI=1S/C7H14N2O5S/c1-14-8-15(12,13)9-4-2-6(3-5-9)7(10)11/h6,8H,2-5H2,1H3,(H,10,11). The van der Waals surface area contributed by atoms with E-state index in [4.69, 9.17) is 5.11 Å². The van der Waals surface area contributed by atoms with Crippen LogP contribution >= 0.6 is 0 Å². The van der Waals surface area contributed by atoms with Gasteiger partial charge in [-0.1, -0.05) is 4.89 Å². The number of hydrogen-bond donors (Lipinski definition) is 2. The van der Waals surface area contributed by atoms with Gasteiger partial charge < -0.3 is 5.11 Å². The zero-order valence-electron chi connectivity index (χ0n) is 8.34. The minimum absolute atomic E-state index is 0.204. The summed E-state index contributed by atoms with van der Waals surface area (Å²) in [6.45, 7) is 0.408. The van der Waals surface area contributed by atoms with Gasteiger partial charge in [-0.3, -0.25) is 9.63 Å². The first kappa shape index (κ1) is 12.4. The molecular weight excluding hydrogens is 224 g/mol. The van der Waals surface area contributed by atoms with Gasteiger partial charge in [-0.25, -0.2) is 0 Å². The van der Waals surface area contributed by atoms with Crippen molar-refractivity contribution in [3.63, 3.8) is 0 Å². The van der Waals surface area contributed by atoms with E-state index in [-0.39, 0.29) is 13.1 Å². The van der Waals surface area contributed by atoms with E-state index in [2.05, 4.69) is 4.84 Å². The lowest BCUT2D eigenvalue weighted by Gasteiger charge is -2.28. The third kappa shape index (κ3) is 3.13. The van der Waals surface area contributed by atoms with Crippen LogP contribution in [0.1, 0.15) is 12.8 Å². The number of carbonyl (C=O) groups is 1. The van der Waals surface area contributed by atoms with Gasteiger partial charge in [0.15, 0.2) is 0 Å². The van der Waals surface area contributed by atoms with Crippen LogP contribution in [-0.4, -0.2) is 44.0 Å². The van der Waals surface area contributed by atoms with Crippen molar-refractivity contribution in [1.82, 2.24) is 9.19 Å². The van der Waals surface area contributed by atoms with Gasteiger partial charge >= 0.3 is 16.2 Å². The van der Waals surface area contributed by atoms with Crippen LogP contribution in [0.15, 0.2) is 0 Å². The Morgan fingerprint density at radius 1 is 1.47 bits per heavy atom. The SMILES string of the molecule is CONS(=O)(=O)N1CCC(C(=O)O)CC1. The first-order valence-corrected chi connectivity index (χ1v) is 5.94. The normalized spacial score (nSPS) is 20.3. The fourth-order valence-corrected chi connectivity index (χ4v) is 2.51. The topological polar surface area (TPSA) is 95.9 Å². The summed E-state index contributed by atoms with van der Waals surface area (Å²) in [7, 11) is -2.40. The molecule has 1 aliphatic heterocycles. The molecule has 7 nitrogen and oxygen atoms in total. The highest BCUT2D eigenvalue weighted by Gasteiger charge is 2.30. The quantitative estimate of drug-likeness (QED) is 0.624. The largest absolute Gasteiger partial charge is 0.481 e. The van der Waals surface area contributed by atoms with E-state index in [1.807, 2.05) is 4.89 Å². The Hall–Kier alpha value is -0.700. The summed E-state index contributed by atoms with van der Waals surface area (Å²) in [6.07, 6.45) is 0.667. The summed E-state index contributed by atoms with van der Waals surface area (Å²) in [5.74, 6) is -1.31. The van der Waals surface area contributed by atoms with Crippen LogP contribution in [0.2, 0.25) is 0 Å².